The quantitative estimate of drug-likeness (QED) is 0.0930. The molecule has 1 aliphatic heterocycles. The molecule has 0 radical (unpaired) electrons. The molecule has 0 spiro atoms. The molecule has 0 saturated carbocycles. The molecule has 9 rings (SSSR count). The van der Waals surface area contributed by atoms with Crippen LogP contribution in [0.5, 0.6) is 5.75 Å². The number of hydrogen-bond donors (Lipinski definition) is 2. The fraction of sp³-hybridized carbons (Fsp3) is 0.277. The SMILES string of the molecule is COC(=O)C[C@@H]1N=C(c2ccc(Cl)cc2)c2c(sc(C(=O)NCCNC(=O)Cn3c(=O)n([C@H](C)c4ccccn4)c4c5cc(OC)c(-c6c(C)noc6C)cc5ncc43)c2C)-n2c(C)nnc21. The normalized spacial score (nSPS) is 13.7. The summed E-state index contributed by atoms with van der Waals surface area (Å²) in [6.07, 6.45) is 3.19. The van der Waals surface area contributed by atoms with Gasteiger partial charge < -0.3 is 24.6 Å². The Morgan fingerprint density at radius 3 is 2.45 bits per heavy atom. The number of ether oxygens (including phenoxy) is 2. The van der Waals surface area contributed by atoms with Crippen LogP contribution in [0.4, 0.5) is 0 Å². The lowest BCUT2D eigenvalue weighted by molar-refractivity contribution is -0.141. The van der Waals surface area contributed by atoms with Gasteiger partial charge in [-0.2, -0.15) is 0 Å². The second-order valence-corrected chi connectivity index (χ2v) is 17.4. The van der Waals surface area contributed by atoms with Crippen LogP contribution in [-0.4, -0.2) is 89.8 Å². The average molecular weight is 942 g/mol. The highest BCUT2D eigenvalue weighted by molar-refractivity contribution is 7.17. The van der Waals surface area contributed by atoms with E-state index in [2.05, 4.69) is 31.0 Å². The number of imidazole rings is 1. The molecule has 2 atom stereocenters. The maximum atomic E-state index is 14.5. The Bertz CT molecular complexity index is 3330. The highest BCUT2D eigenvalue weighted by Gasteiger charge is 2.34. The monoisotopic (exact) mass is 941 g/mol. The number of nitrogens with zero attached hydrogens (tertiary/aromatic N) is 9. The molecular weight excluding hydrogens is 898 g/mol. The third-order valence-electron chi connectivity index (χ3n) is 11.9. The van der Waals surface area contributed by atoms with E-state index in [9.17, 15) is 19.2 Å². The van der Waals surface area contributed by atoms with Crippen LogP contribution in [0.3, 0.4) is 0 Å². The molecule has 2 aromatic carbocycles. The number of benzene rings is 2. The zero-order valence-corrected chi connectivity index (χ0v) is 39.1. The van der Waals surface area contributed by atoms with Crippen molar-refractivity contribution in [1.82, 2.24) is 49.7 Å². The molecule has 2 N–H and O–H groups in total. The number of rotatable bonds is 13. The Morgan fingerprint density at radius 1 is 0.970 bits per heavy atom. The van der Waals surface area contributed by atoms with Gasteiger partial charge in [-0.25, -0.2) is 4.79 Å². The van der Waals surface area contributed by atoms with Crippen molar-refractivity contribution in [2.75, 3.05) is 27.3 Å². The number of carbonyl (C=O) groups is 3. The Hall–Kier alpha value is -7.51. The van der Waals surface area contributed by atoms with E-state index in [1.54, 1.807) is 49.2 Å². The second kappa shape index (κ2) is 18.0. The van der Waals surface area contributed by atoms with E-state index >= 15 is 0 Å². The third kappa shape index (κ3) is 8.03. The lowest BCUT2D eigenvalue weighted by Gasteiger charge is -2.15. The van der Waals surface area contributed by atoms with Crippen molar-refractivity contribution in [2.24, 2.45) is 4.99 Å². The topological polar surface area (TPSA) is 216 Å². The smallest absolute Gasteiger partial charge is 0.330 e. The standard InChI is InChI=1S/C47H44ClN11O7S/c1-23-39-41(28-11-13-29(48)14-12-28)53-34(20-38(61)65-7)44-55-54-27(5)59(44)46(39)67-43(23)45(62)51-17-16-50-37(60)22-57-35-21-52-33-18-31(40-24(2)56-66-26(40)4)36(64-6)19-30(33)42(35)58(47(57)63)25(3)32-10-8-9-15-49-32/h8-15,18-19,21,25,34H,16-17,20,22H2,1-7H3,(H,50,60)(H,51,62)/t25-,34+/m1/s1. The van der Waals surface area contributed by atoms with Gasteiger partial charge in [-0.15, -0.1) is 21.5 Å². The van der Waals surface area contributed by atoms with Crippen LogP contribution in [0, 0.1) is 27.7 Å². The zero-order valence-electron chi connectivity index (χ0n) is 37.5. The highest BCUT2D eigenvalue weighted by atomic mass is 35.5. The summed E-state index contributed by atoms with van der Waals surface area (Å²) in [4.78, 5) is 69.5. The van der Waals surface area contributed by atoms with Gasteiger partial charge in [0.1, 0.15) is 34.9 Å². The molecule has 7 heterocycles. The molecule has 342 valence electrons. The first-order valence-electron chi connectivity index (χ1n) is 21.3. The number of esters is 1. The maximum Gasteiger partial charge on any atom is 0.330 e. The number of hydrogen-bond acceptors (Lipinski definition) is 14. The summed E-state index contributed by atoms with van der Waals surface area (Å²) in [7, 11) is 2.89. The molecule has 0 bridgehead atoms. The minimum atomic E-state index is -0.719. The Labute approximate surface area is 391 Å². The van der Waals surface area contributed by atoms with Crippen LogP contribution in [0.1, 0.15) is 80.6 Å². The van der Waals surface area contributed by atoms with Crippen molar-refractivity contribution in [3.8, 4) is 21.9 Å². The molecule has 0 fully saturated rings. The first-order chi connectivity index (χ1) is 32.3. The number of aryl methyl sites for hydroxylation is 3. The van der Waals surface area contributed by atoms with E-state index in [-0.39, 0.29) is 32.0 Å². The van der Waals surface area contributed by atoms with Crippen molar-refractivity contribution >= 4 is 68.4 Å². The number of amides is 2. The largest absolute Gasteiger partial charge is 0.496 e. The van der Waals surface area contributed by atoms with Gasteiger partial charge in [0.05, 0.1) is 77.0 Å². The average Bonchev–Trinajstić information content (AvgIpc) is 4.04. The number of carbonyl (C=O) groups excluding carboxylic acids is 3. The van der Waals surface area contributed by atoms with Gasteiger partial charge in [-0.3, -0.25) is 43.0 Å². The predicted octanol–water partition coefficient (Wildman–Crippen LogP) is 6.55. The van der Waals surface area contributed by atoms with E-state index < -0.39 is 29.6 Å². The van der Waals surface area contributed by atoms with E-state index in [0.717, 1.165) is 16.7 Å². The van der Waals surface area contributed by atoms with Gasteiger partial charge >= 0.3 is 11.7 Å². The molecule has 0 saturated heterocycles. The molecule has 18 nitrogen and oxygen atoms in total. The Morgan fingerprint density at radius 2 is 1.75 bits per heavy atom. The number of aliphatic imine (C=N–C) groups is 1. The van der Waals surface area contributed by atoms with Gasteiger partial charge in [0, 0.05) is 46.4 Å². The lowest BCUT2D eigenvalue weighted by Crippen LogP contribution is -2.38. The summed E-state index contributed by atoms with van der Waals surface area (Å²) in [5.41, 5.74) is 6.65. The van der Waals surface area contributed by atoms with Crippen LogP contribution in [0.15, 0.2) is 81.3 Å². The number of aromatic nitrogens is 8. The fourth-order valence-electron chi connectivity index (χ4n) is 8.61. The minimum Gasteiger partial charge on any atom is -0.496 e. The summed E-state index contributed by atoms with van der Waals surface area (Å²) in [6, 6.07) is 15.1. The third-order valence-corrected chi connectivity index (χ3v) is 13.4. The number of fused-ring (bicyclic) bond motifs is 6. The van der Waals surface area contributed by atoms with Crippen molar-refractivity contribution in [2.45, 2.75) is 59.7 Å². The fourth-order valence-corrected chi connectivity index (χ4v) is 10.0. The number of thiophene rings is 1. The van der Waals surface area contributed by atoms with Crippen LogP contribution in [-0.2, 0) is 20.9 Å². The molecule has 8 aromatic rings. The van der Waals surface area contributed by atoms with E-state index in [0.29, 0.717) is 88.2 Å². The van der Waals surface area contributed by atoms with Gasteiger partial charge in [-0.1, -0.05) is 35.0 Å². The molecule has 1 aliphatic rings. The maximum absolute atomic E-state index is 14.5. The van der Waals surface area contributed by atoms with Gasteiger partial charge in [0.15, 0.2) is 5.82 Å². The molecule has 2 amide bonds. The predicted molar refractivity (Wildman–Crippen MR) is 252 cm³/mol. The van der Waals surface area contributed by atoms with Crippen LogP contribution in [0.25, 0.3) is 38.1 Å². The van der Waals surface area contributed by atoms with E-state index in [1.165, 1.54) is 23.0 Å². The number of nitrogens with one attached hydrogen (secondary N) is 2. The molecule has 0 aliphatic carbocycles. The molecule has 0 unspecified atom stereocenters. The second-order valence-electron chi connectivity index (χ2n) is 16.0. The van der Waals surface area contributed by atoms with Crippen molar-refractivity contribution in [3.05, 3.63) is 133 Å². The minimum absolute atomic E-state index is 0.0662. The molecule has 20 heteroatoms. The van der Waals surface area contributed by atoms with E-state index in [1.807, 2.05) is 68.7 Å². The zero-order chi connectivity index (χ0) is 47.3. The van der Waals surface area contributed by atoms with Crippen LogP contribution >= 0.6 is 22.9 Å². The number of pyridine rings is 2. The van der Waals surface area contributed by atoms with Crippen molar-refractivity contribution in [1.29, 1.82) is 0 Å². The van der Waals surface area contributed by atoms with Gasteiger partial charge in [0.25, 0.3) is 5.91 Å². The summed E-state index contributed by atoms with van der Waals surface area (Å²) in [6.45, 7) is 9.01. The molecule has 67 heavy (non-hydrogen) atoms. The number of halogens is 1. The summed E-state index contributed by atoms with van der Waals surface area (Å²) in [5, 5.41) is 20.5. The highest BCUT2D eigenvalue weighted by Crippen LogP contribution is 2.41. The van der Waals surface area contributed by atoms with Gasteiger partial charge in [0.2, 0.25) is 5.91 Å². The van der Waals surface area contributed by atoms with Gasteiger partial charge in [-0.05, 0) is 76.6 Å². The molecular formula is C47H44ClN11O7S. The van der Waals surface area contributed by atoms with Crippen molar-refractivity contribution < 1.29 is 28.4 Å². The first-order valence-corrected chi connectivity index (χ1v) is 22.5. The summed E-state index contributed by atoms with van der Waals surface area (Å²) in [5.74, 6) is 0.852. The first kappa shape index (κ1) is 44.7. The van der Waals surface area contributed by atoms with Crippen molar-refractivity contribution in [3.63, 3.8) is 0 Å². The molecule has 6 aromatic heterocycles. The summed E-state index contributed by atoms with van der Waals surface area (Å²) < 4.78 is 21.2. The lowest BCUT2D eigenvalue weighted by atomic mass is 9.99. The van der Waals surface area contributed by atoms with Crippen LogP contribution < -0.4 is 21.1 Å². The van der Waals surface area contributed by atoms with Crippen LogP contribution in [0.2, 0.25) is 5.02 Å². The van der Waals surface area contributed by atoms with E-state index in [4.69, 9.17) is 35.6 Å². The Balaban J connectivity index is 0.982. The summed E-state index contributed by atoms with van der Waals surface area (Å²) >= 11 is 7.51. The number of methoxy groups -OCH3 is 2. The Kier molecular flexibility index (Phi) is 12.0.